The zero-order chi connectivity index (χ0) is 16.2. The molecule has 4 N–H and O–H groups in total. The first-order valence-corrected chi connectivity index (χ1v) is 7.63. The molecule has 0 saturated heterocycles. The number of hydrogen-bond acceptors (Lipinski definition) is 4. The first-order chi connectivity index (χ1) is 11.2. The van der Waals surface area contributed by atoms with Crippen LogP contribution in [-0.2, 0) is 0 Å². The van der Waals surface area contributed by atoms with E-state index in [1.807, 2.05) is 0 Å². The Labute approximate surface area is 134 Å². The minimum absolute atomic E-state index is 0.0175. The lowest BCUT2D eigenvalue weighted by atomic mass is 10.1. The maximum atomic E-state index is 12.3. The highest BCUT2D eigenvalue weighted by Crippen LogP contribution is 2.32. The summed E-state index contributed by atoms with van der Waals surface area (Å²) in [6.45, 7) is 0.436. The number of carbonyl (C=O) groups is 2. The van der Waals surface area contributed by atoms with Gasteiger partial charge in [-0.25, -0.2) is 0 Å². The first-order valence-electron chi connectivity index (χ1n) is 7.63. The van der Waals surface area contributed by atoms with Gasteiger partial charge in [0.2, 0.25) is 0 Å². The third-order valence-corrected chi connectivity index (χ3v) is 3.89. The Morgan fingerprint density at radius 3 is 2.70 bits per heavy atom. The average molecular weight is 313 g/mol. The van der Waals surface area contributed by atoms with Crippen LogP contribution in [0, 0.1) is 5.92 Å². The molecule has 2 aromatic rings. The molecule has 1 aliphatic carbocycles. The van der Waals surface area contributed by atoms with Gasteiger partial charge in [0.1, 0.15) is 0 Å². The number of carbonyl (C=O) groups excluding carboxylic acids is 2. The lowest BCUT2D eigenvalue weighted by Crippen LogP contribution is -2.41. The van der Waals surface area contributed by atoms with E-state index in [0.29, 0.717) is 23.7 Å². The largest absolute Gasteiger partial charge is 0.459 e. The van der Waals surface area contributed by atoms with Crippen molar-refractivity contribution in [3.8, 4) is 0 Å². The van der Waals surface area contributed by atoms with Crippen LogP contribution in [0.3, 0.4) is 0 Å². The van der Waals surface area contributed by atoms with Crippen LogP contribution >= 0.6 is 0 Å². The van der Waals surface area contributed by atoms with Crippen LogP contribution in [0.1, 0.15) is 33.8 Å². The maximum Gasteiger partial charge on any atom is 0.291 e. The third-order valence-electron chi connectivity index (χ3n) is 3.89. The molecule has 0 bridgehead atoms. The van der Waals surface area contributed by atoms with E-state index in [2.05, 4.69) is 10.6 Å². The number of rotatable bonds is 6. The molecule has 0 aliphatic heterocycles. The molecule has 23 heavy (non-hydrogen) atoms. The number of benzene rings is 1. The molecule has 3 rings (SSSR count). The van der Waals surface area contributed by atoms with Gasteiger partial charge in [-0.1, -0.05) is 6.07 Å². The van der Waals surface area contributed by atoms with Crippen LogP contribution in [0.25, 0.3) is 0 Å². The maximum absolute atomic E-state index is 12.3. The summed E-state index contributed by atoms with van der Waals surface area (Å²) < 4.78 is 5.04. The fourth-order valence-electron chi connectivity index (χ4n) is 2.46. The van der Waals surface area contributed by atoms with Gasteiger partial charge in [0.05, 0.1) is 6.26 Å². The topological polar surface area (TPSA) is 97.4 Å². The quantitative estimate of drug-likeness (QED) is 0.760. The average Bonchev–Trinajstić information content (AvgIpc) is 3.25. The van der Waals surface area contributed by atoms with Crippen molar-refractivity contribution in [1.82, 2.24) is 5.32 Å². The molecule has 1 unspecified atom stereocenters. The van der Waals surface area contributed by atoms with Crippen molar-refractivity contribution in [2.75, 3.05) is 11.9 Å². The molecule has 1 aromatic heterocycles. The Kier molecular flexibility index (Phi) is 4.43. The standard InChI is InChI=1S/C17H19N3O3/c18-10-14(11-6-7-11)20-16(21)12-3-1-4-13(9-12)19-17(22)15-5-2-8-23-15/h1-5,8-9,11,14H,6-7,10,18H2,(H,19,22)(H,20,21). The molecular weight excluding hydrogens is 294 g/mol. The van der Waals surface area contributed by atoms with Gasteiger partial charge in [-0.3, -0.25) is 9.59 Å². The van der Waals surface area contributed by atoms with E-state index in [4.69, 9.17) is 10.2 Å². The van der Waals surface area contributed by atoms with Gasteiger partial charge in [0.15, 0.2) is 5.76 Å². The number of hydrogen-bond donors (Lipinski definition) is 3. The number of furan rings is 1. The molecule has 6 nitrogen and oxygen atoms in total. The van der Waals surface area contributed by atoms with E-state index >= 15 is 0 Å². The van der Waals surface area contributed by atoms with Crippen LogP contribution < -0.4 is 16.4 Å². The minimum atomic E-state index is -0.356. The SMILES string of the molecule is NCC(NC(=O)c1cccc(NC(=O)c2ccco2)c1)C1CC1. The van der Waals surface area contributed by atoms with Crippen LogP contribution in [0.15, 0.2) is 47.1 Å². The minimum Gasteiger partial charge on any atom is -0.459 e. The van der Waals surface area contributed by atoms with E-state index in [0.717, 1.165) is 12.8 Å². The van der Waals surface area contributed by atoms with Gasteiger partial charge in [0, 0.05) is 23.8 Å². The van der Waals surface area contributed by atoms with Crippen molar-refractivity contribution in [2.24, 2.45) is 11.7 Å². The zero-order valence-electron chi connectivity index (χ0n) is 12.6. The van der Waals surface area contributed by atoms with E-state index in [9.17, 15) is 9.59 Å². The van der Waals surface area contributed by atoms with Gasteiger partial charge < -0.3 is 20.8 Å². The predicted octanol–water partition coefficient (Wildman–Crippen LogP) is 2.00. The highest BCUT2D eigenvalue weighted by Gasteiger charge is 2.31. The molecule has 0 radical (unpaired) electrons. The van der Waals surface area contributed by atoms with Gasteiger partial charge in [-0.05, 0) is 49.1 Å². The molecule has 6 heteroatoms. The summed E-state index contributed by atoms with van der Waals surface area (Å²) in [5.41, 5.74) is 6.73. The highest BCUT2D eigenvalue weighted by atomic mass is 16.3. The Hall–Kier alpha value is -2.60. The summed E-state index contributed by atoms with van der Waals surface area (Å²) in [6.07, 6.45) is 3.66. The van der Waals surface area contributed by atoms with Crippen molar-refractivity contribution >= 4 is 17.5 Å². The van der Waals surface area contributed by atoms with Crippen molar-refractivity contribution in [1.29, 1.82) is 0 Å². The molecule has 1 aliphatic rings. The normalized spacial score (nSPS) is 15.0. The summed E-state index contributed by atoms with van der Waals surface area (Å²) in [6, 6.07) is 10.0. The molecule has 1 fully saturated rings. The molecule has 120 valence electrons. The second kappa shape index (κ2) is 6.66. The van der Waals surface area contributed by atoms with Gasteiger partial charge in [-0.15, -0.1) is 0 Å². The van der Waals surface area contributed by atoms with E-state index in [-0.39, 0.29) is 23.6 Å². The molecule has 1 atom stereocenters. The number of nitrogens with one attached hydrogen (secondary N) is 2. The smallest absolute Gasteiger partial charge is 0.291 e. The third kappa shape index (κ3) is 3.78. The highest BCUT2D eigenvalue weighted by molar-refractivity contribution is 6.03. The summed E-state index contributed by atoms with van der Waals surface area (Å²) >= 11 is 0. The van der Waals surface area contributed by atoms with Gasteiger partial charge in [-0.2, -0.15) is 0 Å². The Balaban J connectivity index is 1.66. The summed E-state index contributed by atoms with van der Waals surface area (Å²) in [7, 11) is 0. The van der Waals surface area contributed by atoms with Crippen LogP contribution in [0.5, 0.6) is 0 Å². The van der Waals surface area contributed by atoms with E-state index < -0.39 is 0 Å². The van der Waals surface area contributed by atoms with Crippen molar-refractivity contribution in [2.45, 2.75) is 18.9 Å². The van der Waals surface area contributed by atoms with Gasteiger partial charge >= 0.3 is 0 Å². The molecule has 2 amide bonds. The summed E-state index contributed by atoms with van der Waals surface area (Å²) in [5.74, 6) is 0.175. The molecule has 1 aromatic carbocycles. The first kappa shape index (κ1) is 15.3. The van der Waals surface area contributed by atoms with Crippen LogP contribution in [-0.4, -0.2) is 24.4 Å². The predicted molar refractivity (Wildman–Crippen MR) is 86.1 cm³/mol. The van der Waals surface area contributed by atoms with Crippen LogP contribution in [0.4, 0.5) is 5.69 Å². The van der Waals surface area contributed by atoms with Crippen molar-refractivity contribution in [3.05, 3.63) is 54.0 Å². The zero-order valence-corrected chi connectivity index (χ0v) is 12.6. The summed E-state index contributed by atoms with van der Waals surface area (Å²) in [4.78, 5) is 24.3. The van der Waals surface area contributed by atoms with E-state index in [1.54, 1.807) is 36.4 Å². The number of anilines is 1. The fourth-order valence-corrected chi connectivity index (χ4v) is 2.46. The fraction of sp³-hybridized carbons (Fsp3) is 0.294. The Bertz CT molecular complexity index is 693. The van der Waals surface area contributed by atoms with Crippen molar-refractivity contribution < 1.29 is 14.0 Å². The van der Waals surface area contributed by atoms with Crippen molar-refractivity contribution in [3.63, 3.8) is 0 Å². The lowest BCUT2D eigenvalue weighted by Gasteiger charge is -2.16. The molecule has 1 saturated carbocycles. The van der Waals surface area contributed by atoms with E-state index in [1.165, 1.54) is 6.26 Å². The molecule has 1 heterocycles. The number of amides is 2. The molecule has 0 spiro atoms. The Morgan fingerprint density at radius 1 is 1.22 bits per heavy atom. The lowest BCUT2D eigenvalue weighted by molar-refractivity contribution is 0.0932. The summed E-state index contributed by atoms with van der Waals surface area (Å²) in [5, 5.41) is 5.66. The second-order valence-electron chi connectivity index (χ2n) is 5.67. The number of nitrogens with two attached hydrogens (primary N) is 1. The second-order valence-corrected chi connectivity index (χ2v) is 5.67. The van der Waals surface area contributed by atoms with Gasteiger partial charge in [0.25, 0.3) is 11.8 Å². The van der Waals surface area contributed by atoms with Crippen LogP contribution in [0.2, 0.25) is 0 Å². The monoisotopic (exact) mass is 313 g/mol. The molecular formula is C17H19N3O3. The Morgan fingerprint density at radius 2 is 2.04 bits per heavy atom.